The topological polar surface area (TPSA) is 41.1 Å². The highest BCUT2D eigenvalue weighted by Gasteiger charge is 2.34. The lowest BCUT2D eigenvalue weighted by Crippen LogP contribution is -2.54. The van der Waals surface area contributed by atoms with Crippen molar-refractivity contribution in [1.29, 1.82) is 0 Å². The Morgan fingerprint density at radius 2 is 2.28 bits per heavy atom. The van der Waals surface area contributed by atoms with Gasteiger partial charge >= 0.3 is 0 Å². The van der Waals surface area contributed by atoms with Crippen molar-refractivity contribution in [3.8, 4) is 0 Å². The highest BCUT2D eigenvalue weighted by Crippen LogP contribution is 2.21. The van der Waals surface area contributed by atoms with Crippen LogP contribution in [-0.4, -0.2) is 18.0 Å². The summed E-state index contributed by atoms with van der Waals surface area (Å²) in [6.45, 7) is 5.04. The number of benzene rings is 1. The zero-order valence-corrected chi connectivity index (χ0v) is 11.3. The Balaban J connectivity index is 2.05. The molecule has 0 spiro atoms. The third-order valence-corrected chi connectivity index (χ3v) is 3.71. The molecule has 1 aromatic rings. The number of hydrogen-bond acceptors (Lipinski definition) is 2. The van der Waals surface area contributed by atoms with E-state index in [9.17, 15) is 4.79 Å². The van der Waals surface area contributed by atoms with E-state index in [0.29, 0.717) is 0 Å². The molecule has 1 atom stereocenters. The summed E-state index contributed by atoms with van der Waals surface area (Å²) < 4.78 is 0. The lowest BCUT2D eigenvalue weighted by Gasteiger charge is -2.33. The molecule has 0 bridgehead atoms. The van der Waals surface area contributed by atoms with Crippen molar-refractivity contribution in [1.82, 2.24) is 5.32 Å². The second-order valence-corrected chi connectivity index (χ2v) is 5.22. The minimum Gasteiger partial charge on any atom is -0.324 e. The Kier molecular flexibility index (Phi) is 4.02. The normalized spacial score (nSPS) is 23.7. The zero-order valence-electron chi connectivity index (χ0n) is 11.3. The fourth-order valence-corrected chi connectivity index (χ4v) is 2.39. The lowest BCUT2D eigenvalue weighted by atomic mass is 9.90. The van der Waals surface area contributed by atoms with Crippen LogP contribution in [0.15, 0.2) is 24.3 Å². The summed E-state index contributed by atoms with van der Waals surface area (Å²) in [5.41, 5.74) is 1.73. The van der Waals surface area contributed by atoms with E-state index >= 15 is 0 Å². The SMILES string of the molecule is CCc1cccc(NC(=O)C2(C)CCCCN2)c1. The van der Waals surface area contributed by atoms with Crippen LogP contribution in [0.2, 0.25) is 0 Å². The van der Waals surface area contributed by atoms with Crippen LogP contribution in [0.4, 0.5) is 5.69 Å². The lowest BCUT2D eigenvalue weighted by molar-refractivity contribution is -0.122. The summed E-state index contributed by atoms with van der Waals surface area (Å²) >= 11 is 0. The number of hydrogen-bond donors (Lipinski definition) is 2. The third-order valence-electron chi connectivity index (χ3n) is 3.71. The Labute approximate surface area is 109 Å². The summed E-state index contributed by atoms with van der Waals surface area (Å²) in [5, 5.41) is 6.36. The van der Waals surface area contributed by atoms with Crippen LogP contribution in [0.25, 0.3) is 0 Å². The second-order valence-electron chi connectivity index (χ2n) is 5.22. The molecule has 0 radical (unpaired) electrons. The predicted octanol–water partition coefficient (Wildman–Crippen LogP) is 2.72. The van der Waals surface area contributed by atoms with Crippen LogP contribution in [0.3, 0.4) is 0 Å². The van der Waals surface area contributed by atoms with Crippen molar-refractivity contribution in [3.05, 3.63) is 29.8 Å². The van der Waals surface area contributed by atoms with Gasteiger partial charge in [-0.05, 0) is 56.8 Å². The van der Waals surface area contributed by atoms with Crippen molar-refractivity contribution in [2.45, 2.75) is 45.1 Å². The number of anilines is 1. The summed E-state index contributed by atoms with van der Waals surface area (Å²) in [7, 11) is 0. The Morgan fingerprint density at radius 1 is 1.44 bits per heavy atom. The van der Waals surface area contributed by atoms with Gasteiger partial charge in [0.1, 0.15) is 0 Å². The van der Waals surface area contributed by atoms with E-state index in [1.54, 1.807) is 0 Å². The van der Waals surface area contributed by atoms with E-state index in [1.165, 1.54) is 5.56 Å². The van der Waals surface area contributed by atoms with Gasteiger partial charge in [0.25, 0.3) is 0 Å². The molecule has 18 heavy (non-hydrogen) atoms. The highest BCUT2D eigenvalue weighted by molar-refractivity contribution is 5.97. The molecule has 2 N–H and O–H groups in total. The number of aryl methyl sites for hydroxylation is 1. The number of amides is 1. The minimum atomic E-state index is -0.416. The third kappa shape index (κ3) is 2.91. The van der Waals surface area contributed by atoms with E-state index in [0.717, 1.165) is 37.9 Å². The average molecular weight is 246 g/mol. The largest absolute Gasteiger partial charge is 0.324 e. The van der Waals surface area contributed by atoms with Crippen LogP contribution in [0, 0.1) is 0 Å². The molecule has 98 valence electrons. The van der Waals surface area contributed by atoms with Gasteiger partial charge in [0.2, 0.25) is 5.91 Å². The Bertz CT molecular complexity index is 422. The fraction of sp³-hybridized carbons (Fsp3) is 0.533. The van der Waals surface area contributed by atoms with Crippen molar-refractivity contribution in [3.63, 3.8) is 0 Å². The van der Waals surface area contributed by atoms with E-state index in [2.05, 4.69) is 23.6 Å². The van der Waals surface area contributed by atoms with Gasteiger partial charge in [0.15, 0.2) is 0 Å². The van der Waals surface area contributed by atoms with Crippen LogP contribution in [0.1, 0.15) is 38.7 Å². The van der Waals surface area contributed by atoms with E-state index in [-0.39, 0.29) is 5.91 Å². The molecule has 1 aromatic carbocycles. The standard InChI is InChI=1S/C15H22N2O/c1-3-12-7-6-8-13(11-12)17-14(18)15(2)9-4-5-10-16-15/h6-8,11,16H,3-5,9-10H2,1-2H3,(H,17,18). The summed E-state index contributed by atoms with van der Waals surface area (Å²) in [6, 6.07) is 8.06. The molecule has 1 aliphatic heterocycles. The molecule has 1 heterocycles. The Hall–Kier alpha value is -1.35. The molecule has 1 unspecified atom stereocenters. The maximum absolute atomic E-state index is 12.3. The molecule has 1 amide bonds. The summed E-state index contributed by atoms with van der Waals surface area (Å²) in [4.78, 5) is 12.3. The van der Waals surface area contributed by atoms with Crippen molar-refractivity contribution >= 4 is 11.6 Å². The first-order chi connectivity index (χ1) is 8.64. The molecule has 0 saturated carbocycles. The summed E-state index contributed by atoms with van der Waals surface area (Å²) in [6.07, 6.45) is 4.17. The molecule has 0 aliphatic carbocycles. The molecule has 3 nitrogen and oxygen atoms in total. The second kappa shape index (κ2) is 5.53. The number of piperidine rings is 1. The first-order valence-corrected chi connectivity index (χ1v) is 6.79. The van der Waals surface area contributed by atoms with Gasteiger partial charge in [0, 0.05) is 5.69 Å². The van der Waals surface area contributed by atoms with Crippen molar-refractivity contribution in [2.75, 3.05) is 11.9 Å². The molecular formula is C15H22N2O. The van der Waals surface area contributed by atoms with Gasteiger partial charge in [-0.3, -0.25) is 4.79 Å². The van der Waals surface area contributed by atoms with Crippen molar-refractivity contribution < 1.29 is 4.79 Å². The maximum atomic E-state index is 12.3. The predicted molar refractivity (Wildman–Crippen MR) is 74.7 cm³/mol. The number of nitrogens with one attached hydrogen (secondary N) is 2. The smallest absolute Gasteiger partial charge is 0.244 e. The van der Waals surface area contributed by atoms with Gasteiger partial charge in [0.05, 0.1) is 5.54 Å². The summed E-state index contributed by atoms with van der Waals surface area (Å²) in [5.74, 6) is 0.0791. The zero-order chi connectivity index (χ0) is 13.0. The van der Waals surface area contributed by atoms with Gasteiger partial charge in [-0.15, -0.1) is 0 Å². The maximum Gasteiger partial charge on any atom is 0.244 e. The van der Waals surface area contributed by atoms with Crippen molar-refractivity contribution in [2.24, 2.45) is 0 Å². The van der Waals surface area contributed by atoms with Crippen LogP contribution in [0.5, 0.6) is 0 Å². The number of carbonyl (C=O) groups is 1. The molecule has 0 aromatic heterocycles. The monoisotopic (exact) mass is 246 g/mol. The van der Waals surface area contributed by atoms with Crippen LogP contribution in [-0.2, 0) is 11.2 Å². The molecule has 1 fully saturated rings. The van der Waals surface area contributed by atoms with E-state index in [4.69, 9.17) is 0 Å². The first kappa shape index (κ1) is 13.1. The molecular weight excluding hydrogens is 224 g/mol. The number of carbonyl (C=O) groups excluding carboxylic acids is 1. The van der Waals surface area contributed by atoms with Gasteiger partial charge in [-0.1, -0.05) is 19.1 Å². The van der Waals surface area contributed by atoms with E-state index < -0.39 is 5.54 Å². The van der Waals surface area contributed by atoms with Crippen LogP contribution >= 0.6 is 0 Å². The number of rotatable bonds is 3. The average Bonchev–Trinajstić information content (AvgIpc) is 2.40. The van der Waals surface area contributed by atoms with Gasteiger partial charge < -0.3 is 10.6 Å². The highest BCUT2D eigenvalue weighted by atomic mass is 16.2. The van der Waals surface area contributed by atoms with Gasteiger partial charge in [-0.25, -0.2) is 0 Å². The van der Waals surface area contributed by atoms with Gasteiger partial charge in [-0.2, -0.15) is 0 Å². The Morgan fingerprint density at radius 3 is 2.94 bits per heavy atom. The molecule has 1 aliphatic rings. The van der Waals surface area contributed by atoms with E-state index in [1.807, 2.05) is 25.1 Å². The molecule has 2 rings (SSSR count). The quantitative estimate of drug-likeness (QED) is 0.861. The molecule has 1 saturated heterocycles. The fourth-order valence-electron chi connectivity index (χ4n) is 2.39. The molecule has 3 heteroatoms. The first-order valence-electron chi connectivity index (χ1n) is 6.79. The minimum absolute atomic E-state index is 0.0791. The van der Waals surface area contributed by atoms with Crippen LogP contribution < -0.4 is 10.6 Å².